The lowest BCUT2D eigenvalue weighted by Crippen LogP contribution is -2.25. The van der Waals surface area contributed by atoms with Gasteiger partial charge >= 0.3 is 0 Å². The van der Waals surface area contributed by atoms with Crippen molar-refractivity contribution in [3.05, 3.63) is 29.8 Å². The Bertz CT molecular complexity index is 417. The maximum absolute atomic E-state index is 11.9. The second kappa shape index (κ2) is 10.4. The van der Waals surface area contributed by atoms with Crippen LogP contribution in [0.5, 0.6) is 0 Å². The first kappa shape index (κ1) is 17.7. The predicted octanol–water partition coefficient (Wildman–Crippen LogP) is 4.23. The van der Waals surface area contributed by atoms with Gasteiger partial charge in [-0.1, -0.05) is 32.4 Å². The summed E-state index contributed by atoms with van der Waals surface area (Å²) in [5.74, 6) is 0.122. The number of carbonyl (C=O) groups excluding carboxylic acids is 1. The van der Waals surface area contributed by atoms with Crippen LogP contribution in [0.3, 0.4) is 0 Å². The molecule has 3 heteroatoms. The zero-order valence-electron chi connectivity index (χ0n) is 13.8. The molecule has 0 fully saturated rings. The van der Waals surface area contributed by atoms with Crippen molar-refractivity contribution in [2.24, 2.45) is 0 Å². The average molecular weight is 290 g/mol. The maximum atomic E-state index is 11.9. The number of aryl methyl sites for hydroxylation is 1. The summed E-state index contributed by atoms with van der Waals surface area (Å²) < 4.78 is 0. The molecule has 0 aliphatic carbocycles. The standard InChI is InChI=1S/C18H30N2O/c1-4-6-13-20(5-2)14-8-7-12-18(21)19-17-11-9-10-16(3)15-17/h9-11,15H,4-8,12-14H2,1-3H3,(H,19,21). The molecule has 0 saturated carbocycles. The van der Waals surface area contributed by atoms with Crippen LogP contribution in [0, 0.1) is 6.92 Å². The van der Waals surface area contributed by atoms with Crippen molar-refractivity contribution >= 4 is 11.6 Å². The summed E-state index contributed by atoms with van der Waals surface area (Å²) in [5.41, 5.74) is 2.07. The molecule has 0 atom stereocenters. The van der Waals surface area contributed by atoms with Gasteiger partial charge in [-0.3, -0.25) is 4.79 Å². The first-order valence-electron chi connectivity index (χ1n) is 8.24. The summed E-state index contributed by atoms with van der Waals surface area (Å²) in [6.07, 6.45) is 5.18. The number of hydrogen-bond acceptors (Lipinski definition) is 2. The monoisotopic (exact) mass is 290 g/mol. The molecule has 1 N–H and O–H groups in total. The molecule has 21 heavy (non-hydrogen) atoms. The molecule has 0 heterocycles. The molecule has 0 unspecified atom stereocenters. The van der Waals surface area contributed by atoms with Crippen molar-refractivity contribution in [2.45, 2.75) is 52.9 Å². The third-order valence-electron chi connectivity index (χ3n) is 3.71. The quantitative estimate of drug-likeness (QED) is 0.654. The highest BCUT2D eigenvalue weighted by atomic mass is 16.1. The van der Waals surface area contributed by atoms with Gasteiger partial charge in [0, 0.05) is 12.1 Å². The van der Waals surface area contributed by atoms with Gasteiger partial charge in [-0.25, -0.2) is 0 Å². The van der Waals surface area contributed by atoms with Crippen molar-refractivity contribution in [1.29, 1.82) is 0 Å². The highest BCUT2D eigenvalue weighted by Crippen LogP contribution is 2.10. The van der Waals surface area contributed by atoms with Crippen LogP contribution in [-0.2, 0) is 4.79 Å². The number of carbonyl (C=O) groups is 1. The first-order valence-corrected chi connectivity index (χ1v) is 8.24. The number of nitrogens with one attached hydrogen (secondary N) is 1. The van der Waals surface area contributed by atoms with Crippen LogP contribution in [0.1, 0.15) is 51.5 Å². The second-order valence-electron chi connectivity index (χ2n) is 5.66. The van der Waals surface area contributed by atoms with Gasteiger partial charge in [-0.15, -0.1) is 0 Å². The highest BCUT2D eigenvalue weighted by Gasteiger charge is 2.04. The molecule has 1 rings (SSSR count). The normalized spacial score (nSPS) is 10.9. The molecule has 0 aliphatic heterocycles. The molecule has 1 amide bonds. The molecule has 3 nitrogen and oxygen atoms in total. The SMILES string of the molecule is CCCCN(CC)CCCCC(=O)Nc1cccc(C)c1. The Hall–Kier alpha value is -1.35. The number of unbranched alkanes of at least 4 members (excludes halogenated alkanes) is 2. The molecule has 0 bridgehead atoms. The first-order chi connectivity index (χ1) is 10.2. The van der Waals surface area contributed by atoms with E-state index in [4.69, 9.17) is 0 Å². The van der Waals surface area contributed by atoms with Crippen LogP contribution in [0.2, 0.25) is 0 Å². The molecule has 0 spiro atoms. The van der Waals surface area contributed by atoms with Crippen molar-refractivity contribution in [2.75, 3.05) is 25.0 Å². The molecule has 118 valence electrons. The van der Waals surface area contributed by atoms with Crippen LogP contribution in [0.25, 0.3) is 0 Å². The summed E-state index contributed by atoms with van der Waals surface area (Å²) in [6, 6.07) is 7.94. The van der Waals surface area contributed by atoms with E-state index in [1.807, 2.05) is 31.2 Å². The molecule has 0 aromatic heterocycles. The molecule has 1 aromatic rings. The van der Waals surface area contributed by atoms with Crippen LogP contribution in [0.4, 0.5) is 5.69 Å². The molecule has 0 radical (unpaired) electrons. The zero-order valence-corrected chi connectivity index (χ0v) is 13.8. The van der Waals surface area contributed by atoms with Gasteiger partial charge in [-0.2, -0.15) is 0 Å². The van der Waals surface area contributed by atoms with E-state index < -0.39 is 0 Å². The van der Waals surface area contributed by atoms with Crippen molar-refractivity contribution in [1.82, 2.24) is 4.90 Å². The van der Waals surface area contributed by atoms with E-state index in [1.54, 1.807) is 0 Å². The summed E-state index contributed by atoms with van der Waals surface area (Å²) in [7, 11) is 0. The third-order valence-corrected chi connectivity index (χ3v) is 3.71. The van der Waals surface area contributed by atoms with Gasteiger partial charge in [0.1, 0.15) is 0 Å². The highest BCUT2D eigenvalue weighted by molar-refractivity contribution is 5.90. The Morgan fingerprint density at radius 3 is 2.57 bits per heavy atom. The summed E-state index contributed by atoms with van der Waals surface area (Å²) in [4.78, 5) is 14.4. The summed E-state index contributed by atoms with van der Waals surface area (Å²) in [6.45, 7) is 9.86. The van der Waals surface area contributed by atoms with Gasteiger partial charge < -0.3 is 10.2 Å². The maximum Gasteiger partial charge on any atom is 0.224 e. The van der Waals surface area contributed by atoms with Gasteiger partial charge in [0.05, 0.1) is 0 Å². The van der Waals surface area contributed by atoms with Gasteiger partial charge in [0.15, 0.2) is 0 Å². The average Bonchev–Trinajstić information content (AvgIpc) is 2.46. The van der Waals surface area contributed by atoms with Crippen molar-refractivity contribution in [3.8, 4) is 0 Å². The van der Waals surface area contributed by atoms with Crippen molar-refractivity contribution < 1.29 is 4.79 Å². The largest absolute Gasteiger partial charge is 0.326 e. The minimum absolute atomic E-state index is 0.122. The number of hydrogen-bond donors (Lipinski definition) is 1. The Morgan fingerprint density at radius 2 is 1.90 bits per heavy atom. The molecular formula is C18H30N2O. The molecule has 1 aromatic carbocycles. The van der Waals surface area contributed by atoms with Crippen molar-refractivity contribution in [3.63, 3.8) is 0 Å². The lowest BCUT2D eigenvalue weighted by atomic mass is 10.2. The third kappa shape index (κ3) is 7.86. The Balaban J connectivity index is 2.18. The Kier molecular flexibility index (Phi) is 8.76. The predicted molar refractivity (Wildman–Crippen MR) is 90.7 cm³/mol. The number of benzene rings is 1. The Morgan fingerprint density at radius 1 is 1.14 bits per heavy atom. The van der Waals surface area contributed by atoms with E-state index in [9.17, 15) is 4.79 Å². The zero-order chi connectivity index (χ0) is 15.5. The number of rotatable bonds is 10. The topological polar surface area (TPSA) is 32.3 Å². The fourth-order valence-corrected chi connectivity index (χ4v) is 2.38. The van der Waals surface area contributed by atoms with E-state index in [-0.39, 0.29) is 5.91 Å². The minimum atomic E-state index is 0.122. The van der Waals surface area contributed by atoms with Gasteiger partial charge in [-0.05, 0) is 63.5 Å². The summed E-state index contributed by atoms with van der Waals surface area (Å²) >= 11 is 0. The van der Waals surface area contributed by atoms with E-state index >= 15 is 0 Å². The van der Waals surface area contributed by atoms with Crippen LogP contribution in [-0.4, -0.2) is 30.4 Å². The number of amides is 1. The number of nitrogens with zero attached hydrogens (tertiary/aromatic N) is 1. The van der Waals surface area contributed by atoms with Crippen LogP contribution < -0.4 is 5.32 Å². The smallest absolute Gasteiger partial charge is 0.224 e. The summed E-state index contributed by atoms with van der Waals surface area (Å²) in [5, 5.41) is 2.97. The van der Waals surface area contributed by atoms with E-state index in [1.165, 1.54) is 24.9 Å². The molecule has 0 saturated heterocycles. The minimum Gasteiger partial charge on any atom is -0.326 e. The second-order valence-corrected chi connectivity index (χ2v) is 5.66. The van der Waals surface area contributed by atoms with Crippen LogP contribution >= 0.6 is 0 Å². The fraction of sp³-hybridized carbons (Fsp3) is 0.611. The lowest BCUT2D eigenvalue weighted by Gasteiger charge is -2.19. The Labute approximate surface area is 129 Å². The molecular weight excluding hydrogens is 260 g/mol. The van der Waals surface area contributed by atoms with E-state index in [2.05, 4.69) is 24.1 Å². The number of anilines is 1. The van der Waals surface area contributed by atoms with Gasteiger partial charge in [0.25, 0.3) is 0 Å². The van der Waals surface area contributed by atoms with E-state index in [0.29, 0.717) is 6.42 Å². The molecule has 0 aliphatic rings. The van der Waals surface area contributed by atoms with Gasteiger partial charge in [0.2, 0.25) is 5.91 Å². The van der Waals surface area contributed by atoms with E-state index in [0.717, 1.165) is 31.6 Å². The lowest BCUT2D eigenvalue weighted by molar-refractivity contribution is -0.116. The fourth-order valence-electron chi connectivity index (χ4n) is 2.38. The van der Waals surface area contributed by atoms with Crippen LogP contribution in [0.15, 0.2) is 24.3 Å².